The Labute approximate surface area is 185 Å². The Hall–Kier alpha value is -2.94. The van der Waals surface area contributed by atoms with Crippen LogP contribution in [0.1, 0.15) is 6.92 Å². The van der Waals surface area contributed by atoms with E-state index in [0.29, 0.717) is 5.75 Å². The number of carbonyl (C=O) groups is 3. The van der Waals surface area contributed by atoms with Gasteiger partial charge in [0, 0.05) is 0 Å². The average Bonchev–Trinajstić information content (AvgIpc) is 3.11. The maximum atomic E-state index is 12.9. The number of rotatable bonds is 10. The Morgan fingerprint density at radius 2 is 1.90 bits per heavy atom. The predicted molar refractivity (Wildman–Crippen MR) is 114 cm³/mol. The first-order valence-electron chi connectivity index (χ1n) is 9.80. The van der Waals surface area contributed by atoms with Crippen molar-refractivity contribution in [1.82, 2.24) is 4.90 Å². The van der Waals surface area contributed by atoms with Gasteiger partial charge in [0.2, 0.25) is 5.91 Å². The van der Waals surface area contributed by atoms with Crippen LogP contribution in [0.15, 0.2) is 55.6 Å². The van der Waals surface area contributed by atoms with Crippen LogP contribution in [-0.2, 0) is 23.8 Å². The van der Waals surface area contributed by atoms with Crippen LogP contribution in [0.3, 0.4) is 0 Å². The molecule has 3 rings (SSSR count). The highest BCUT2D eigenvalue weighted by molar-refractivity contribution is 8.02. The fourth-order valence-electron chi connectivity index (χ4n) is 3.45. The summed E-state index contributed by atoms with van der Waals surface area (Å²) in [6.45, 7) is 8.91. The lowest BCUT2D eigenvalue weighted by atomic mass is 9.92. The molecule has 0 bridgehead atoms. The van der Waals surface area contributed by atoms with Gasteiger partial charge in [0.1, 0.15) is 37.6 Å². The summed E-state index contributed by atoms with van der Waals surface area (Å²) in [6.07, 6.45) is 1.32. The Kier molecular flexibility index (Phi) is 7.27. The maximum Gasteiger partial charge on any atom is 0.508 e. The molecule has 2 saturated heterocycles. The van der Waals surface area contributed by atoms with Crippen molar-refractivity contribution in [2.24, 2.45) is 5.92 Å². The van der Waals surface area contributed by atoms with Crippen molar-refractivity contribution in [3.05, 3.63) is 55.6 Å². The summed E-state index contributed by atoms with van der Waals surface area (Å²) >= 11 is 1.29. The first-order chi connectivity index (χ1) is 14.9. The third-order valence-electron chi connectivity index (χ3n) is 4.98. The van der Waals surface area contributed by atoms with Gasteiger partial charge in [-0.1, -0.05) is 43.5 Å². The van der Waals surface area contributed by atoms with E-state index in [1.807, 2.05) is 18.2 Å². The minimum atomic E-state index is -1.10. The zero-order valence-corrected chi connectivity index (χ0v) is 18.0. The van der Waals surface area contributed by atoms with Gasteiger partial charge < -0.3 is 23.8 Å². The second-order valence-electron chi connectivity index (χ2n) is 7.16. The lowest BCUT2D eigenvalue weighted by Gasteiger charge is -2.43. The van der Waals surface area contributed by atoms with Crippen LogP contribution in [-0.4, -0.2) is 65.5 Å². The lowest BCUT2D eigenvalue weighted by molar-refractivity contribution is -0.158. The number of para-hydroxylation sites is 1. The molecule has 2 heterocycles. The monoisotopic (exact) mass is 447 g/mol. The van der Waals surface area contributed by atoms with Gasteiger partial charge in [-0.05, 0) is 19.1 Å². The smallest absolute Gasteiger partial charge is 0.491 e. The summed E-state index contributed by atoms with van der Waals surface area (Å²) in [5, 5.41) is -0.342. The number of amides is 1. The van der Waals surface area contributed by atoms with Crippen LogP contribution in [0.5, 0.6) is 5.75 Å². The molecule has 1 aromatic rings. The number of hydrogen-bond donors (Lipinski definition) is 0. The number of β-lactam (4-membered cyclic amide) rings is 1. The van der Waals surface area contributed by atoms with Gasteiger partial charge in [0.25, 0.3) is 0 Å². The molecule has 0 N–H and O–H groups in total. The molecule has 4 atom stereocenters. The molecule has 8 nitrogen and oxygen atoms in total. The van der Waals surface area contributed by atoms with E-state index in [4.69, 9.17) is 18.9 Å². The van der Waals surface area contributed by atoms with Gasteiger partial charge >= 0.3 is 12.1 Å². The normalized spacial score (nSPS) is 24.9. The topological polar surface area (TPSA) is 91.4 Å². The largest absolute Gasteiger partial charge is 0.508 e. The van der Waals surface area contributed by atoms with Crippen molar-refractivity contribution in [3.63, 3.8) is 0 Å². The van der Waals surface area contributed by atoms with E-state index in [1.165, 1.54) is 23.9 Å². The molecular weight excluding hydrogens is 422 g/mol. The number of hydrogen-bond acceptors (Lipinski definition) is 8. The molecule has 0 spiro atoms. The van der Waals surface area contributed by atoms with Gasteiger partial charge in [0.15, 0.2) is 4.75 Å². The summed E-state index contributed by atoms with van der Waals surface area (Å²) < 4.78 is 20.1. The molecule has 0 saturated carbocycles. The third-order valence-corrected chi connectivity index (χ3v) is 6.64. The quantitative estimate of drug-likeness (QED) is 0.307. The van der Waals surface area contributed by atoms with Gasteiger partial charge in [0.05, 0.1) is 11.9 Å². The third kappa shape index (κ3) is 4.87. The minimum absolute atomic E-state index is 0.0174. The van der Waals surface area contributed by atoms with Crippen molar-refractivity contribution in [1.29, 1.82) is 0 Å². The molecule has 9 heteroatoms. The molecule has 2 aliphatic rings. The molecule has 0 aliphatic carbocycles. The second-order valence-corrected chi connectivity index (χ2v) is 8.66. The van der Waals surface area contributed by atoms with Gasteiger partial charge in [-0.25, -0.2) is 4.79 Å². The van der Waals surface area contributed by atoms with Crippen molar-refractivity contribution < 1.29 is 33.3 Å². The SMILES string of the molecule is C=CCOC(=O)O[C@H](C)[C@H]1C(=O)N2CC(COc3ccccc3)(C(=O)OCC=C)S[C@H]12. The molecule has 1 aromatic carbocycles. The molecule has 2 aliphatic heterocycles. The molecule has 1 amide bonds. The highest BCUT2D eigenvalue weighted by atomic mass is 32.2. The van der Waals surface area contributed by atoms with Crippen LogP contribution in [0, 0.1) is 5.92 Å². The number of thioether (sulfide) groups is 1. The molecule has 31 heavy (non-hydrogen) atoms. The summed E-state index contributed by atoms with van der Waals surface area (Å²) in [4.78, 5) is 39.0. The zero-order chi connectivity index (χ0) is 22.4. The van der Waals surface area contributed by atoms with Crippen molar-refractivity contribution in [2.75, 3.05) is 26.4 Å². The zero-order valence-electron chi connectivity index (χ0n) is 17.2. The highest BCUT2D eigenvalue weighted by Gasteiger charge is 2.64. The Balaban J connectivity index is 1.71. The van der Waals surface area contributed by atoms with Crippen molar-refractivity contribution >= 4 is 29.8 Å². The molecular formula is C22H25NO7S. The van der Waals surface area contributed by atoms with E-state index in [2.05, 4.69) is 13.2 Å². The van der Waals surface area contributed by atoms with E-state index in [-0.39, 0.29) is 37.6 Å². The van der Waals surface area contributed by atoms with Gasteiger partial charge in [-0.15, -0.1) is 11.8 Å². The number of esters is 1. The van der Waals surface area contributed by atoms with Crippen molar-refractivity contribution in [3.8, 4) is 5.75 Å². The maximum absolute atomic E-state index is 12.9. The first-order valence-corrected chi connectivity index (χ1v) is 10.7. The number of carbonyl (C=O) groups excluding carboxylic acids is 3. The fraction of sp³-hybridized carbons (Fsp3) is 0.409. The summed E-state index contributed by atoms with van der Waals surface area (Å²) in [7, 11) is 0. The lowest BCUT2D eigenvalue weighted by Crippen LogP contribution is -2.61. The van der Waals surface area contributed by atoms with Crippen LogP contribution >= 0.6 is 11.8 Å². The number of nitrogens with zero attached hydrogens (tertiary/aromatic N) is 1. The van der Waals surface area contributed by atoms with E-state index in [9.17, 15) is 14.4 Å². The second kappa shape index (κ2) is 9.91. The highest BCUT2D eigenvalue weighted by Crippen LogP contribution is 2.51. The summed E-state index contributed by atoms with van der Waals surface area (Å²) in [5.41, 5.74) is 0. The molecule has 166 valence electrons. The fourth-order valence-corrected chi connectivity index (χ4v) is 5.20. The molecule has 0 aromatic heterocycles. The van der Waals surface area contributed by atoms with Crippen LogP contribution in [0.4, 0.5) is 4.79 Å². The van der Waals surface area contributed by atoms with E-state index >= 15 is 0 Å². The van der Waals surface area contributed by atoms with E-state index in [1.54, 1.807) is 24.0 Å². The first kappa shape index (κ1) is 22.7. The van der Waals surface area contributed by atoms with Crippen LogP contribution in [0.2, 0.25) is 0 Å². The summed E-state index contributed by atoms with van der Waals surface area (Å²) in [5.74, 6) is -0.655. The standard InChI is InChI=1S/C22H25NO7S/c1-4-11-27-20(25)22(14-29-16-9-7-6-8-10-16)13-23-18(24)17(19(23)31-22)15(3)30-21(26)28-12-5-2/h4-10,15,17,19H,1-2,11-14H2,3H3/t15-,17+,19-,22?/m1/s1. The van der Waals surface area contributed by atoms with Gasteiger partial charge in [-0.3, -0.25) is 9.59 Å². The molecule has 0 radical (unpaired) electrons. The number of ether oxygens (including phenoxy) is 4. The average molecular weight is 448 g/mol. The predicted octanol–water partition coefficient (Wildman–Crippen LogP) is 2.79. The molecule has 2 fully saturated rings. The Morgan fingerprint density at radius 3 is 2.58 bits per heavy atom. The van der Waals surface area contributed by atoms with E-state index in [0.717, 1.165) is 0 Å². The summed E-state index contributed by atoms with van der Waals surface area (Å²) in [6, 6.07) is 9.10. The van der Waals surface area contributed by atoms with Crippen LogP contribution < -0.4 is 4.74 Å². The van der Waals surface area contributed by atoms with Crippen LogP contribution in [0.25, 0.3) is 0 Å². The van der Waals surface area contributed by atoms with Gasteiger partial charge in [-0.2, -0.15) is 0 Å². The Morgan fingerprint density at radius 1 is 1.23 bits per heavy atom. The number of fused-ring (bicyclic) bond motifs is 1. The molecule has 1 unspecified atom stereocenters. The Bertz CT molecular complexity index is 846. The van der Waals surface area contributed by atoms with E-state index < -0.39 is 28.9 Å². The minimum Gasteiger partial charge on any atom is -0.491 e. The van der Waals surface area contributed by atoms with Crippen molar-refractivity contribution in [2.45, 2.75) is 23.1 Å². The number of benzene rings is 1.